The fourth-order valence-corrected chi connectivity index (χ4v) is 1.24. The third-order valence-electron chi connectivity index (χ3n) is 2.00. The molecule has 0 unspecified atom stereocenters. The van der Waals surface area contributed by atoms with Crippen LogP contribution in [0.3, 0.4) is 0 Å². The van der Waals surface area contributed by atoms with Gasteiger partial charge in [0.2, 0.25) is 5.56 Å². The monoisotopic (exact) mass is 321 g/mol. The van der Waals surface area contributed by atoms with Gasteiger partial charge in [0.1, 0.15) is 0 Å². The maximum atomic E-state index is 10.8. The zero-order valence-electron chi connectivity index (χ0n) is 12.8. The number of nitrogens with one attached hydrogen (secondary N) is 1. The summed E-state index contributed by atoms with van der Waals surface area (Å²) in [6, 6.07) is 11.0. The lowest BCUT2D eigenvalue weighted by atomic mass is 10.2. The second-order valence-electron chi connectivity index (χ2n) is 4.51. The number of fused-ring (bicyclic) bond motifs is 1. The number of aromatic nitrogens is 1. The van der Waals surface area contributed by atoms with E-state index in [1.54, 1.807) is 13.8 Å². The van der Waals surface area contributed by atoms with Crippen LogP contribution in [0, 0.1) is 0 Å². The summed E-state index contributed by atoms with van der Waals surface area (Å²) in [6.07, 6.45) is 0.949. The maximum Gasteiger partial charge on any atom is 0.328 e. The first-order chi connectivity index (χ1) is 10.7. The molecule has 124 valence electrons. The molecule has 1 aromatic heterocycles. The lowest BCUT2D eigenvalue weighted by Gasteiger charge is -1.93. The van der Waals surface area contributed by atoms with Crippen LogP contribution in [0.15, 0.2) is 53.3 Å². The Morgan fingerprint density at radius 3 is 1.96 bits per heavy atom. The first kappa shape index (κ1) is 20.1. The second kappa shape index (κ2) is 10.7. The van der Waals surface area contributed by atoms with Gasteiger partial charge in [-0.05, 0) is 31.4 Å². The molecule has 0 aliphatic carbocycles. The smallest absolute Gasteiger partial charge is 0.328 e. The second-order valence-corrected chi connectivity index (χ2v) is 4.51. The first-order valence-electron chi connectivity index (χ1n) is 6.62. The number of carboxylic acids is 2. The molecule has 0 atom stereocenters. The van der Waals surface area contributed by atoms with Gasteiger partial charge in [0, 0.05) is 29.8 Å². The summed E-state index contributed by atoms with van der Waals surface area (Å²) in [4.78, 5) is 32.7. The van der Waals surface area contributed by atoms with Crippen molar-refractivity contribution in [2.75, 3.05) is 0 Å². The topological polar surface area (TPSA) is 128 Å². The van der Waals surface area contributed by atoms with Crippen molar-refractivity contribution in [3.8, 4) is 0 Å². The summed E-state index contributed by atoms with van der Waals surface area (Å²) in [5.74, 6) is -2.51. The average Bonchev–Trinajstić information content (AvgIpc) is 2.45. The highest BCUT2D eigenvalue weighted by molar-refractivity contribution is 5.89. The molecule has 0 saturated heterocycles. The molecule has 0 aliphatic rings. The molecule has 0 radical (unpaired) electrons. The van der Waals surface area contributed by atoms with E-state index in [2.05, 4.69) is 4.98 Å². The molecule has 23 heavy (non-hydrogen) atoms. The van der Waals surface area contributed by atoms with Gasteiger partial charge >= 0.3 is 11.9 Å². The van der Waals surface area contributed by atoms with Crippen molar-refractivity contribution in [3.63, 3.8) is 0 Å². The van der Waals surface area contributed by atoms with E-state index in [0.29, 0.717) is 12.2 Å². The third-order valence-corrected chi connectivity index (χ3v) is 2.00. The van der Waals surface area contributed by atoms with Gasteiger partial charge in [0.25, 0.3) is 0 Å². The number of para-hydroxylation sites is 1. The molecule has 2 aromatic rings. The van der Waals surface area contributed by atoms with Gasteiger partial charge in [0.15, 0.2) is 0 Å². The van der Waals surface area contributed by atoms with E-state index in [1.165, 1.54) is 6.07 Å². The fourth-order valence-electron chi connectivity index (χ4n) is 1.24. The van der Waals surface area contributed by atoms with Crippen LogP contribution in [0.25, 0.3) is 10.9 Å². The molecule has 0 amide bonds. The number of aliphatic hydroxyl groups excluding tert-OH is 1. The maximum absolute atomic E-state index is 10.8. The van der Waals surface area contributed by atoms with Crippen LogP contribution in [-0.2, 0) is 9.59 Å². The predicted octanol–water partition coefficient (Wildman–Crippen LogP) is 1.63. The van der Waals surface area contributed by atoms with Crippen LogP contribution >= 0.6 is 0 Å². The van der Waals surface area contributed by atoms with E-state index >= 15 is 0 Å². The number of carbonyl (C=O) groups is 2. The largest absolute Gasteiger partial charge is 0.478 e. The number of H-pyrrole nitrogens is 1. The number of hydrogen-bond donors (Lipinski definition) is 4. The molecule has 0 spiro atoms. The molecule has 1 aromatic carbocycles. The molecule has 0 bridgehead atoms. The number of carboxylic acid groups (broad SMARTS) is 2. The van der Waals surface area contributed by atoms with E-state index in [4.69, 9.17) is 15.3 Å². The number of aromatic amines is 1. The van der Waals surface area contributed by atoms with E-state index in [0.717, 1.165) is 10.9 Å². The van der Waals surface area contributed by atoms with E-state index < -0.39 is 11.9 Å². The van der Waals surface area contributed by atoms with Crippen molar-refractivity contribution in [1.29, 1.82) is 0 Å². The summed E-state index contributed by atoms with van der Waals surface area (Å²) in [5.41, 5.74) is 0.837. The summed E-state index contributed by atoms with van der Waals surface area (Å²) in [5, 5.41) is 24.7. The van der Waals surface area contributed by atoms with Gasteiger partial charge < -0.3 is 20.3 Å². The molecular formula is C16H19NO6. The predicted molar refractivity (Wildman–Crippen MR) is 86.3 cm³/mol. The van der Waals surface area contributed by atoms with Gasteiger partial charge in [-0.25, -0.2) is 9.59 Å². The summed E-state index contributed by atoms with van der Waals surface area (Å²) < 4.78 is 0. The Bertz CT molecular complexity index is 699. The highest BCUT2D eigenvalue weighted by Crippen LogP contribution is 2.06. The zero-order chi connectivity index (χ0) is 17.8. The highest BCUT2D eigenvalue weighted by Gasteiger charge is 1.89. The van der Waals surface area contributed by atoms with Gasteiger partial charge in [-0.1, -0.05) is 18.2 Å². The van der Waals surface area contributed by atoms with Crippen molar-refractivity contribution in [3.05, 3.63) is 58.9 Å². The Morgan fingerprint density at radius 1 is 1.00 bits per heavy atom. The minimum atomic E-state index is -1.26. The Labute approximate surface area is 132 Å². The van der Waals surface area contributed by atoms with Crippen LogP contribution in [0.1, 0.15) is 13.8 Å². The molecule has 7 nitrogen and oxygen atoms in total. The van der Waals surface area contributed by atoms with Crippen molar-refractivity contribution in [1.82, 2.24) is 4.98 Å². The Hall–Kier alpha value is -2.93. The Morgan fingerprint density at radius 2 is 1.48 bits per heavy atom. The van der Waals surface area contributed by atoms with Gasteiger partial charge in [0.05, 0.1) is 0 Å². The molecule has 4 N–H and O–H groups in total. The Kier molecular flexibility index (Phi) is 9.38. The van der Waals surface area contributed by atoms with Gasteiger partial charge in [-0.15, -0.1) is 0 Å². The molecule has 2 rings (SSSR count). The summed E-state index contributed by atoms with van der Waals surface area (Å²) >= 11 is 0. The number of aliphatic hydroxyl groups is 1. The molecule has 0 aliphatic heterocycles. The number of benzene rings is 1. The van der Waals surface area contributed by atoms with Crippen LogP contribution in [0.4, 0.5) is 0 Å². The SMILES string of the molecule is CC(C)O.O=C(O)/C=C\C(=O)O.O=c1ccc2ccccc2[nH]1. The minimum Gasteiger partial charge on any atom is -0.478 e. The van der Waals surface area contributed by atoms with Gasteiger partial charge in [-0.2, -0.15) is 0 Å². The average molecular weight is 321 g/mol. The van der Waals surface area contributed by atoms with E-state index in [9.17, 15) is 14.4 Å². The molecule has 0 fully saturated rings. The van der Waals surface area contributed by atoms with Crippen molar-refractivity contribution in [2.45, 2.75) is 20.0 Å². The number of pyridine rings is 1. The van der Waals surface area contributed by atoms with Crippen LogP contribution in [0.5, 0.6) is 0 Å². The van der Waals surface area contributed by atoms with E-state index in [-0.39, 0.29) is 11.7 Å². The third kappa shape index (κ3) is 11.4. The van der Waals surface area contributed by atoms with Crippen molar-refractivity contribution in [2.24, 2.45) is 0 Å². The minimum absolute atomic E-state index is 0.0521. The number of hydrogen-bond acceptors (Lipinski definition) is 4. The van der Waals surface area contributed by atoms with Crippen molar-refractivity contribution < 1.29 is 24.9 Å². The Balaban J connectivity index is 0.000000357. The first-order valence-corrected chi connectivity index (χ1v) is 6.62. The van der Waals surface area contributed by atoms with E-state index in [1.807, 2.05) is 30.3 Å². The zero-order valence-corrected chi connectivity index (χ0v) is 12.8. The summed E-state index contributed by atoms with van der Waals surface area (Å²) in [6.45, 7) is 3.44. The standard InChI is InChI=1S/C9H7NO.C4H4O4.C3H8O/c11-9-6-5-7-3-1-2-4-8(7)10-9;5-3(6)1-2-4(7)8;1-3(2)4/h1-6H,(H,10,11);1-2H,(H,5,6)(H,7,8);3-4H,1-2H3/b;2-1-;. The van der Waals surface area contributed by atoms with Crippen LogP contribution < -0.4 is 5.56 Å². The highest BCUT2D eigenvalue weighted by atomic mass is 16.4. The molecule has 0 saturated carbocycles. The lowest BCUT2D eigenvalue weighted by molar-refractivity contribution is -0.134. The normalized spacial score (nSPS) is 9.74. The van der Waals surface area contributed by atoms with Crippen molar-refractivity contribution >= 4 is 22.8 Å². The molecule has 7 heteroatoms. The molecule has 1 heterocycles. The fraction of sp³-hybridized carbons (Fsp3) is 0.188. The van der Waals surface area contributed by atoms with Gasteiger partial charge in [-0.3, -0.25) is 4.79 Å². The molecular weight excluding hydrogens is 302 g/mol. The lowest BCUT2D eigenvalue weighted by Crippen LogP contribution is -2.01. The quantitative estimate of drug-likeness (QED) is 0.622. The van der Waals surface area contributed by atoms with Crippen LogP contribution in [0.2, 0.25) is 0 Å². The number of aliphatic carboxylic acids is 2. The number of rotatable bonds is 2. The summed E-state index contributed by atoms with van der Waals surface area (Å²) in [7, 11) is 0. The van der Waals surface area contributed by atoms with Crippen LogP contribution in [-0.4, -0.2) is 38.3 Å².